The zero-order chi connectivity index (χ0) is 17.6. The molecule has 6 nitrogen and oxygen atoms in total. The summed E-state index contributed by atoms with van der Waals surface area (Å²) in [7, 11) is 0. The summed E-state index contributed by atoms with van der Waals surface area (Å²) in [6, 6.07) is 8.68. The van der Waals surface area contributed by atoms with Gasteiger partial charge >= 0.3 is 0 Å². The molecule has 1 aromatic carbocycles. The van der Waals surface area contributed by atoms with Gasteiger partial charge in [0, 0.05) is 26.1 Å². The maximum absolute atomic E-state index is 4.69. The van der Waals surface area contributed by atoms with E-state index in [1.165, 1.54) is 11.1 Å². The van der Waals surface area contributed by atoms with E-state index in [4.69, 9.17) is 0 Å². The van der Waals surface area contributed by atoms with Crippen molar-refractivity contribution in [2.75, 3.05) is 13.1 Å². The predicted octanol–water partition coefficient (Wildman–Crippen LogP) is 2.39. The largest absolute Gasteiger partial charge is 0.357 e. The molecule has 2 aromatic rings. The molecule has 1 aromatic heterocycles. The summed E-state index contributed by atoms with van der Waals surface area (Å²) in [6.07, 6.45) is 2.19. The summed E-state index contributed by atoms with van der Waals surface area (Å²) >= 11 is 0. The van der Waals surface area contributed by atoms with Crippen LogP contribution in [0, 0.1) is 6.92 Å². The van der Waals surface area contributed by atoms with Crippen LogP contribution in [0.15, 0.2) is 29.3 Å². The molecule has 1 unspecified atom stereocenters. The summed E-state index contributed by atoms with van der Waals surface area (Å²) in [5, 5.41) is 15.3. The van der Waals surface area contributed by atoms with Crippen LogP contribution in [-0.4, -0.2) is 33.8 Å². The third kappa shape index (κ3) is 4.38. The van der Waals surface area contributed by atoms with E-state index in [-0.39, 0.29) is 0 Å². The van der Waals surface area contributed by atoms with Gasteiger partial charge in [0.25, 0.3) is 0 Å². The first kappa shape index (κ1) is 17.5. The van der Waals surface area contributed by atoms with Gasteiger partial charge in [0.05, 0.1) is 0 Å². The number of hydrogen-bond acceptors (Lipinski definition) is 3. The Labute approximate surface area is 149 Å². The molecule has 25 heavy (non-hydrogen) atoms. The highest BCUT2D eigenvalue weighted by Crippen LogP contribution is 2.16. The number of aryl methyl sites for hydroxylation is 2. The molecule has 3 rings (SSSR count). The summed E-state index contributed by atoms with van der Waals surface area (Å²) in [6.45, 7) is 9.69. The van der Waals surface area contributed by atoms with Gasteiger partial charge in [-0.25, -0.2) is 4.99 Å². The first-order chi connectivity index (χ1) is 12.2. The van der Waals surface area contributed by atoms with Gasteiger partial charge in [-0.3, -0.25) is 0 Å². The topological polar surface area (TPSA) is 67.1 Å². The molecule has 2 N–H and O–H groups in total. The maximum Gasteiger partial charge on any atom is 0.191 e. The molecule has 2 heterocycles. The number of benzene rings is 1. The van der Waals surface area contributed by atoms with Crippen LogP contribution in [0.25, 0.3) is 0 Å². The molecule has 134 valence electrons. The SMILES string of the molecule is CCNC(=NCc1nnc2n1CCC2)NCC(C)c1cccc(C)c1. The van der Waals surface area contributed by atoms with Crippen molar-refractivity contribution < 1.29 is 0 Å². The van der Waals surface area contributed by atoms with Crippen LogP contribution in [0.4, 0.5) is 0 Å². The van der Waals surface area contributed by atoms with Gasteiger partial charge in [-0.15, -0.1) is 10.2 Å². The monoisotopic (exact) mass is 340 g/mol. The summed E-state index contributed by atoms with van der Waals surface area (Å²) in [5.74, 6) is 3.30. The Hall–Kier alpha value is -2.37. The van der Waals surface area contributed by atoms with Crippen molar-refractivity contribution in [1.29, 1.82) is 0 Å². The lowest BCUT2D eigenvalue weighted by Crippen LogP contribution is -2.39. The Kier molecular flexibility index (Phi) is 5.68. The number of hydrogen-bond donors (Lipinski definition) is 2. The highest BCUT2D eigenvalue weighted by atomic mass is 15.3. The minimum absolute atomic E-state index is 0.418. The normalized spacial score (nSPS) is 15.1. The van der Waals surface area contributed by atoms with E-state index in [1.54, 1.807) is 0 Å². The van der Waals surface area contributed by atoms with Crippen LogP contribution >= 0.6 is 0 Å². The zero-order valence-corrected chi connectivity index (χ0v) is 15.4. The second-order valence-electron chi connectivity index (χ2n) is 6.68. The molecule has 0 spiro atoms. The molecule has 0 radical (unpaired) electrons. The maximum atomic E-state index is 4.69. The molecule has 1 atom stereocenters. The van der Waals surface area contributed by atoms with E-state index >= 15 is 0 Å². The Morgan fingerprint density at radius 1 is 1.32 bits per heavy atom. The van der Waals surface area contributed by atoms with E-state index in [9.17, 15) is 0 Å². The van der Waals surface area contributed by atoms with Crippen LogP contribution in [0.1, 0.15) is 49.0 Å². The fourth-order valence-electron chi connectivity index (χ4n) is 3.16. The third-order valence-electron chi connectivity index (χ3n) is 4.60. The average molecular weight is 340 g/mol. The first-order valence-corrected chi connectivity index (χ1v) is 9.17. The lowest BCUT2D eigenvalue weighted by Gasteiger charge is -2.16. The molecule has 0 fully saturated rings. The number of fused-ring (bicyclic) bond motifs is 1. The van der Waals surface area contributed by atoms with E-state index in [2.05, 4.69) is 75.4 Å². The van der Waals surface area contributed by atoms with Gasteiger partial charge in [-0.05, 0) is 31.7 Å². The predicted molar refractivity (Wildman–Crippen MR) is 101 cm³/mol. The number of nitrogens with zero attached hydrogens (tertiary/aromatic N) is 4. The summed E-state index contributed by atoms with van der Waals surface area (Å²) in [4.78, 5) is 4.69. The van der Waals surface area contributed by atoms with Crippen LogP contribution in [0.2, 0.25) is 0 Å². The third-order valence-corrected chi connectivity index (χ3v) is 4.60. The molecule has 6 heteroatoms. The standard InChI is InChI=1S/C19H28N6/c1-4-20-19(21-12-15(3)16-8-5-7-14(2)11-16)22-13-18-24-23-17-9-6-10-25(17)18/h5,7-8,11,15H,4,6,9-10,12-13H2,1-3H3,(H2,20,21,22). The molecule has 0 saturated carbocycles. The fraction of sp³-hybridized carbons (Fsp3) is 0.526. The minimum atomic E-state index is 0.418. The number of aromatic nitrogens is 3. The Morgan fingerprint density at radius 2 is 2.20 bits per heavy atom. The van der Waals surface area contributed by atoms with Crippen molar-refractivity contribution in [3.05, 3.63) is 47.0 Å². The number of nitrogens with one attached hydrogen (secondary N) is 2. The lowest BCUT2D eigenvalue weighted by atomic mass is 9.99. The number of rotatable bonds is 6. The Morgan fingerprint density at radius 3 is 3.00 bits per heavy atom. The van der Waals surface area contributed by atoms with Crippen LogP contribution < -0.4 is 10.6 Å². The minimum Gasteiger partial charge on any atom is -0.357 e. The quantitative estimate of drug-likeness (QED) is 0.626. The van der Waals surface area contributed by atoms with E-state index < -0.39 is 0 Å². The summed E-state index contributed by atoms with van der Waals surface area (Å²) in [5.41, 5.74) is 2.64. The fourth-order valence-corrected chi connectivity index (χ4v) is 3.16. The van der Waals surface area contributed by atoms with Gasteiger partial charge in [-0.1, -0.05) is 36.8 Å². The highest BCUT2D eigenvalue weighted by molar-refractivity contribution is 5.79. The van der Waals surface area contributed by atoms with Crippen molar-refractivity contribution >= 4 is 5.96 Å². The molecule has 0 amide bonds. The van der Waals surface area contributed by atoms with Crippen LogP contribution in [0.5, 0.6) is 0 Å². The molecule has 0 saturated heterocycles. The van der Waals surface area contributed by atoms with Crippen molar-refractivity contribution in [1.82, 2.24) is 25.4 Å². The molecule has 0 aliphatic carbocycles. The number of guanidine groups is 1. The second kappa shape index (κ2) is 8.14. The lowest BCUT2D eigenvalue weighted by molar-refractivity contribution is 0.676. The second-order valence-corrected chi connectivity index (χ2v) is 6.68. The van der Waals surface area contributed by atoms with Gasteiger partial charge in [0.1, 0.15) is 12.4 Å². The highest BCUT2D eigenvalue weighted by Gasteiger charge is 2.16. The van der Waals surface area contributed by atoms with Gasteiger partial charge in [0.2, 0.25) is 0 Å². The molecular formula is C19H28N6. The molecule has 1 aliphatic rings. The van der Waals surface area contributed by atoms with E-state index in [1.807, 2.05) is 0 Å². The molecule has 0 bridgehead atoms. The summed E-state index contributed by atoms with van der Waals surface area (Å²) < 4.78 is 2.20. The van der Waals surface area contributed by atoms with Gasteiger partial charge in [-0.2, -0.15) is 0 Å². The average Bonchev–Trinajstić information content (AvgIpc) is 3.21. The van der Waals surface area contributed by atoms with E-state index in [0.29, 0.717) is 12.5 Å². The van der Waals surface area contributed by atoms with Crippen molar-refractivity contribution in [3.63, 3.8) is 0 Å². The molecular weight excluding hydrogens is 312 g/mol. The number of aliphatic imine (C=N–C) groups is 1. The van der Waals surface area contributed by atoms with Crippen molar-refractivity contribution in [3.8, 4) is 0 Å². The van der Waals surface area contributed by atoms with Crippen LogP contribution in [-0.2, 0) is 19.5 Å². The van der Waals surface area contributed by atoms with Crippen molar-refractivity contribution in [2.45, 2.75) is 52.6 Å². The Balaban J connectivity index is 1.60. The first-order valence-electron chi connectivity index (χ1n) is 9.17. The van der Waals surface area contributed by atoms with E-state index in [0.717, 1.165) is 50.1 Å². The Bertz CT molecular complexity index is 733. The smallest absolute Gasteiger partial charge is 0.191 e. The van der Waals surface area contributed by atoms with Gasteiger partial charge < -0.3 is 15.2 Å². The zero-order valence-electron chi connectivity index (χ0n) is 15.4. The molecule has 1 aliphatic heterocycles. The van der Waals surface area contributed by atoms with Crippen molar-refractivity contribution in [2.24, 2.45) is 4.99 Å². The van der Waals surface area contributed by atoms with Gasteiger partial charge in [0.15, 0.2) is 11.8 Å². The van der Waals surface area contributed by atoms with Crippen LogP contribution in [0.3, 0.4) is 0 Å².